The smallest absolute Gasteiger partial charge is 0.237 e. The highest BCUT2D eigenvalue weighted by molar-refractivity contribution is 5.81. The van der Waals surface area contributed by atoms with E-state index in [0.29, 0.717) is 12.1 Å². The molecule has 2 fully saturated rings. The summed E-state index contributed by atoms with van der Waals surface area (Å²) in [5.74, 6) is 1.01. The Morgan fingerprint density at radius 1 is 1.12 bits per heavy atom. The van der Waals surface area contributed by atoms with E-state index in [4.69, 9.17) is 0 Å². The van der Waals surface area contributed by atoms with E-state index >= 15 is 0 Å². The van der Waals surface area contributed by atoms with Crippen LogP contribution < -0.4 is 10.6 Å². The number of nitrogens with one attached hydrogen (secondary N) is 2. The van der Waals surface area contributed by atoms with E-state index in [1.807, 2.05) is 6.92 Å². The average molecular weight is 238 g/mol. The molecule has 2 saturated carbocycles. The van der Waals surface area contributed by atoms with Crippen molar-refractivity contribution in [1.29, 1.82) is 0 Å². The SMILES string of the molecule is CC1CCC(NC(C)C(=O)NC2CCCC2)C1. The summed E-state index contributed by atoms with van der Waals surface area (Å²) in [4.78, 5) is 12.0. The van der Waals surface area contributed by atoms with Gasteiger partial charge in [0, 0.05) is 12.1 Å². The minimum Gasteiger partial charge on any atom is -0.352 e. The molecule has 2 rings (SSSR count). The van der Waals surface area contributed by atoms with Crippen molar-refractivity contribution in [2.75, 3.05) is 0 Å². The molecule has 0 spiro atoms. The van der Waals surface area contributed by atoms with Crippen LogP contribution in [0.4, 0.5) is 0 Å². The first-order valence-electron chi connectivity index (χ1n) is 7.21. The molecule has 3 atom stereocenters. The second-order valence-electron chi connectivity index (χ2n) is 5.99. The lowest BCUT2D eigenvalue weighted by molar-refractivity contribution is -0.123. The fourth-order valence-electron chi connectivity index (χ4n) is 3.18. The van der Waals surface area contributed by atoms with Crippen LogP contribution in [0, 0.1) is 5.92 Å². The van der Waals surface area contributed by atoms with Gasteiger partial charge in [0.25, 0.3) is 0 Å². The van der Waals surface area contributed by atoms with Gasteiger partial charge in [0.1, 0.15) is 0 Å². The lowest BCUT2D eigenvalue weighted by atomic mass is 10.1. The van der Waals surface area contributed by atoms with Gasteiger partial charge in [0.2, 0.25) is 5.91 Å². The zero-order valence-electron chi connectivity index (χ0n) is 11.2. The number of hydrogen-bond donors (Lipinski definition) is 2. The molecule has 17 heavy (non-hydrogen) atoms. The Bertz CT molecular complexity index is 261. The van der Waals surface area contributed by atoms with Gasteiger partial charge < -0.3 is 10.6 Å². The fraction of sp³-hybridized carbons (Fsp3) is 0.929. The molecule has 0 heterocycles. The van der Waals surface area contributed by atoms with Gasteiger partial charge in [-0.2, -0.15) is 0 Å². The number of hydrogen-bond acceptors (Lipinski definition) is 2. The van der Waals surface area contributed by atoms with Crippen molar-refractivity contribution < 1.29 is 4.79 Å². The predicted octanol–water partition coefficient (Wildman–Crippen LogP) is 2.21. The molecule has 98 valence electrons. The molecule has 3 heteroatoms. The van der Waals surface area contributed by atoms with Gasteiger partial charge in [0.15, 0.2) is 0 Å². The summed E-state index contributed by atoms with van der Waals surface area (Å²) in [6, 6.07) is 0.953. The van der Waals surface area contributed by atoms with Crippen LogP contribution in [0.15, 0.2) is 0 Å². The van der Waals surface area contributed by atoms with Gasteiger partial charge in [-0.3, -0.25) is 4.79 Å². The van der Waals surface area contributed by atoms with Crippen LogP contribution in [0.2, 0.25) is 0 Å². The summed E-state index contributed by atoms with van der Waals surface area (Å²) in [7, 11) is 0. The fourth-order valence-corrected chi connectivity index (χ4v) is 3.18. The molecule has 3 nitrogen and oxygen atoms in total. The van der Waals surface area contributed by atoms with Crippen LogP contribution in [0.1, 0.15) is 58.8 Å². The first kappa shape index (κ1) is 12.9. The third-order valence-corrected chi connectivity index (χ3v) is 4.28. The van der Waals surface area contributed by atoms with Crippen molar-refractivity contribution in [3.63, 3.8) is 0 Å². The third kappa shape index (κ3) is 3.70. The highest BCUT2D eigenvalue weighted by Crippen LogP contribution is 2.25. The molecule has 0 aliphatic heterocycles. The molecule has 0 radical (unpaired) electrons. The molecule has 0 aromatic carbocycles. The van der Waals surface area contributed by atoms with E-state index in [9.17, 15) is 4.79 Å². The van der Waals surface area contributed by atoms with Crippen molar-refractivity contribution in [3.05, 3.63) is 0 Å². The third-order valence-electron chi connectivity index (χ3n) is 4.28. The Hall–Kier alpha value is -0.570. The Kier molecular flexibility index (Phi) is 4.43. The Labute approximate surface area is 105 Å². The van der Waals surface area contributed by atoms with Crippen LogP contribution in [-0.4, -0.2) is 24.0 Å². The Morgan fingerprint density at radius 2 is 1.82 bits per heavy atom. The van der Waals surface area contributed by atoms with E-state index in [0.717, 1.165) is 5.92 Å². The maximum atomic E-state index is 12.0. The maximum Gasteiger partial charge on any atom is 0.237 e. The summed E-state index contributed by atoms with van der Waals surface area (Å²) in [6.45, 7) is 4.29. The first-order valence-corrected chi connectivity index (χ1v) is 7.21. The minimum atomic E-state index is -0.0362. The second kappa shape index (κ2) is 5.85. The summed E-state index contributed by atoms with van der Waals surface area (Å²) < 4.78 is 0. The van der Waals surface area contributed by atoms with Crippen LogP contribution in [-0.2, 0) is 4.79 Å². The van der Waals surface area contributed by atoms with Crippen molar-refractivity contribution in [1.82, 2.24) is 10.6 Å². The summed E-state index contributed by atoms with van der Waals surface area (Å²) in [5, 5.41) is 6.63. The quantitative estimate of drug-likeness (QED) is 0.788. The van der Waals surface area contributed by atoms with Crippen LogP contribution in [0.3, 0.4) is 0 Å². The summed E-state index contributed by atoms with van der Waals surface area (Å²) in [6.07, 6.45) is 8.62. The van der Waals surface area contributed by atoms with Crippen LogP contribution >= 0.6 is 0 Å². The Morgan fingerprint density at radius 3 is 2.41 bits per heavy atom. The molecule has 2 N–H and O–H groups in total. The number of amides is 1. The van der Waals surface area contributed by atoms with Crippen molar-refractivity contribution in [2.45, 2.75) is 76.9 Å². The topological polar surface area (TPSA) is 41.1 Å². The van der Waals surface area contributed by atoms with Crippen molar-refractivity contribution in [2.24, 2.45) is 5.92 Å². The molecule has 2 aliphatic rings. The molecule has 1 amide bonds. The highest BCUT2D eigenvalue weighted by atomic mass is 16.2. The normalized spacial score (nSPS) is 31.6. The monoisotopic (exact) mass is 238 g/mol. The highest BCUT2D eigenvalue weighted by Gasteiger charge is 2.26. The van der Waals surface area contributed by atoms with Gasteiger partial charge in [-0.15, -0.1) is 0 Å². The zero-order valence-corrected chi connectivity index (χ0v) is 11.2. The standard InChI is InChI=1S/C14H26N2O/c1-10-7-8-13(9-10)15-11(2)14(17)16-12-5-3-4-6-12/h10-13,15H,3-9H2,1-2H3,(H,16,17). The summed E-state index contributed by atoms with van der Waals surface area (Å²) >= 11 is 0. The van der Waals surface area contributed by atoms with Crippen LogP contribution in [0.5, 0.6) is 0 Å². The number of carbonyl (C=O) groups is 1. The maximum absolute atomic E-state index is 12.0. The zero-order chi connectivity index (χ0) is 12.3. The largest absolute Gasteiger partial charge is 0.352 e. The predicted molar refractivity (Wildman–Crippen MR) is 69.8 cm³/mol. The molecule has 3 unspecified atom stereocenters. The van der Waals surface area contributed by atoms with E-state index in [1.54, 1.807) is 0 Å². The van der Waals surface area contributed by atoms with Crippen molar-refractivity contribution >= 4 is 5.91 Å². The first-order chi connectivity index (χ1) is 8.15. The van der Waals surface area contributed by atoms with Gasteiger partial charge in [-0.1, -0.05) is 19.8 Å². The second-order valence-corrected chi connectivity index (χ2v) is 5.99. The average Bonchev–Trinajstić information content (AvgIpc) is 2.90. The number of rotatable bonds is 4. The van der Waals surface area contributed by atoms with E-state index < -0.39 is 0 Å². The lowest BCUT2D eigenvalue weighted by Gasteiger charge is -2.21. The molecule has 0 bridgehead atoms. The van der Waals surface area contributed by atoms with Crippen molar-refractivity contribution in [3.8, 4) is 0 Å². The molecule has 0 aromatic rings. The van der Waals surface area contributed by atoms with E-state index in [1.165, 1.54) is 44.9 Å². The molecule has 0 saturated heterocycles. The molecule has 2 aliphatic carbocycles. The van der Waals surface area contributed by atoms with Gasteiger partial charge in [0.05, 0.1) is 6.04 Å². The van der Waals surface area contributed by atoms with Gasteiger partial charge in [-0.05, 0) is 44.9 Å². The molecule has 0 aromatic heterocycles. The van der Waals surface area contributed by atoms with Gasteiger partial charge >= 0.3 is 0 Å². The van der Waals surface area contributed by atoms with Gasteiger partial charge in [-0.25, -0.2) is 0 Å². The van der Waals surface area contributed by atoms with E-state index in [2.05, 4.69) is 17.6 Å². The Balaban J connectivity index is 1.71. The van der Waals surface area contributed by atoms with E-state index in [-0.39, 0.29) is 11.9 Å². The molecular weight excluding hydrogens is 212 g/mol. The summed E-state index contributed by atoms with van der Waals surface area (Å²) in [5.41, 5.74) is 0. The minimum absolute atomic E-state index is 0.0362. The molecular formula is C14H26N2O. The van der Waals surface area contributed by atoms with Crippen LogP contribution in [0.25, 0.3) is 0 Å². The lowest BCUT2D eigenvalue weighted by Crippen LogP contribution is -2.48. The number of carbonyl (C=O) groups excluding carboxylic acids is 1.